The van der Waals surface area contributed by atoms with Gasteiger partial charge in [-0.3, -0.25) is 4.79 Å². The summed E-state index contributed by atoms with van der Waals surface area (Å²) in [5.74, 6) is 1.66. The summed E-state index contributed by atoms with van der Waals surface area (Å²) in [7, 11) is 0. The Kier molecular flexibility index (Phi) is 6.00. The Bertz CT molecular complexity index is 861. The topological polar surface area (TPSA) is 46.9 Å². The van der Waals surface area contributed by atoms with Crippen molar-refractivity contribution in [1.29, 1.82) is 0 Å². The maximum absolute atomic E-state index is 12.1. The average Bonchev–Trinajstić information content (AvgIpc) is 2.99. The first kappa shape index (κ1) is 17.8. The monoisotopic (exact) mass is 373 g/mol. The molecule has 0 bridgehead atoms. The van der Waals surface area contributed by atoms with Gasteiger partial charge >= 0.3 is 0 Å². The first-order valence-corrected chi connectivity index (χ1v) is 9.63. The third-order valence-corrected chi connectivity index (χ3v) is 5.17. The van der Waals surface area contributed by atoms with Crippen molar-refractivity contribution >= 4 is 40.3 Å². The van der Waals surface area contributed by atoms with Crippen LogP contribution in [0.5, 0.6) is 0 Å². The molecule has 0 spiro atoms. The van der Waals surface area contributed by atoms with E-state index in [9.17, 15) is 4.79 Å². The van der Waals surface area contributed by atoms with Crippen molar-refractivity contribution in [2.45, 2.75) is 31.3 Å². The lowest BCUT2D eigenvalue weighted by Crippen LogP contribution is -2.24. The van der Waals surface area contributed by atoms with Gasteiger partial charge in [0.1, 0.15) is 5.82 Å². The first-order chi connectivity index (χ1) is 12.2. The minimum Gasteiger partial charge on any atom is -0.349 e. The summed E-state index contributed by atoms with van der Waals surface area (Å²) >= 11 is 7.52. The molecule has 0 unspecified atom stereocenters. The molecule has 1 heterocycles. The van der Waals surface area contributed by atoms with Crippen LogP contribution in [-0.4, -0.2) is 21.2 Å². The molecule has 0 aliphatic heterocycles. The number of amides is 1. The number of halogens is 1. The van der Waals surface area contributed by atoms with Crippen molar-refractivity contribution < 1.29 is 4.79 Å². The van der Waals surface area contributed by atoms with Gasteiger partial charge in [-0.1, -0.05) is 23.7 Å². The molecule has 25 heavy (non-hydrogen) atoms. The molecule has 0 atom stereocenters. The van der Waals surface area contributed by atoms with Gasteiger partial charge in [-0.2, -0.15) is 0 Å². The minimum absolute atomic E-state index is 0.0381. The second-order valence-electron chi connectivity index (χ2n) is 5.59. The van der Waals surface area contributed by atoms with Crippen molar-refractivity contribution in [2.24, 2.45) is 0 Å². The lowest BCUT2D eigenvalue weighted by atomic mass is 10.3. The second kappa shape index (κ2) is 8.41. The Hall–Kier alpha value is -1.98. The summed E-state index contributed by atoms with van der Waals surface area (Å²) in [6, 6.07) is 15.7. The largest absolute Gasteiger partial charge is 0.349 e. The third kappa shape index (κ3) is 4.55. The molecule has 0 aliphatic rings. The highest BCUT2D eigenvalue weighted by molar-refractivity contribution is 7.99. The van der Waals surface area contributed by atoms with E-state index in [4.69, 9.17) is 11.6 Å². The highest BCUT2D eigenvalue weighted by Gasteiger charge is 2.10. The van der Waals surface area contributed by atoms with Crippen LogP contribution < -0.4 is 5.32 Å². The molecule has 3 rings (SSSR count). The number of fused-ring (bicyclic) bond motifs is 1. The number of hydrogen-bond acceptors (Lipinski definition) is 3. The molecule has 1 amide bonds. The fourth-order valence-electron chi connectivity index (χ4n) is 2.67. The van der Waals surface area contributed by atoms with E-state index < -0.39 is 0 Å². The highest BCUT2D eigenvalue weighted by Crippen LogP contribution is 2.21. The van der Waals surface area contributed by atoms with Crippen LogP contribution in [0, 0.1) is 0 Å². The van der Waals surface area contributed by atoms with Crippen LogP contribution in [-0.2, 0) is 17.9 Å². The van der Waals surface area contributed by atoms with Crippen molar-refractivity contribution in [3.05, 3.63) is 59.4 Å². The normalized spacial score (nSPS) is 11.0. The molecular formula is C19H20ClN3OS. The zero-order chi connectivity index (χ0) is 17.6. The predicted molar refractivity (Wildman–Crippen MR) is 104 cm³/mol. The van der Waals surface area contributed by atoms with E-state index in [1.807, 2.05) is 42.5 Å². The number of aryl methyl sites for hydroxylation is 1. The van der Waals surface area contributed by atoms with E-state index in [2.05, 4.69) is 27.9 Å². The number of carbonyl (C=O) groups is 1. The molecule has 130 valence electrons. The molecule has 4 nitrogen and oxygen atoms in total. The Labute approximate surface area is 156 Å². The van der Waals surface area contributed by atoms with Crippen LogP contribution in [0.3, 0.4) is 0 Å². The van der Waals surface area contributed by atoms with Gasteiger partial charge in [-0.15, -0.1) is 11.8 Å². The van der Waals surface area contributed by atoms with Crippen LogP contribution in [0.15, 0.2) is 53.4 Å². The van der Waals surface area contributed by atoms with Crippen molar-refractivity contribution in [3.8, 4) is 0 Å². The molecule has 1 aromatic heterocycles. The standard InChI is InChI=1S/C19H20ClN3OS/c1-2-23-17-6-4-3-5-16(17)22-18(23)13-21-19(24)11-12-25-15-9-7-14(20)8-10-15/h3-10H,2,11-13H2,1H3,(H,21,24). The summed E-state index contributed by atoms with van der Waals surface area (Å²) in [6.07, 6.45) is 0.472. The molecule has 6 heteroatoms. The number of nitrogens with zero attached hydrogens (tertiary/aromatic N) is 2. The van der Waals surface area contributed by atoms with E-state index in [-0.39, 0.29) is 5.91 Å². The maximum Gasteiger partial charge on any atom is 0.221 e. The van der Waals surface area contributed by atoms with Gasteiger partial charge in [-0.25, -0.2) is 4.98 Å². The van der Waals surface area contributed by atoms with Gasteiger partial charge in [0, 0.05) is 28.6 Å². The molecule has 3 aromatic rings. The number of thioether (sulfide) groups is 1. The van der Waals surface area contributed by atoms with E-state index >= 15 is 0 Å². The SMILES string of the molecule is CCn1c(CNC(=O)CCSc2ccc(Cl)cc2)nc2ccccc21. The van der Waals surface area contributed by atoms with Gasteiger partial charge in [0.15, 0.2) is 0 Å². The Morgan fingerprint density at radius 1 is 1.20 bits per heavy atom. The zero-order valence-electron chi connectivity index (χ0n) is 14.0. The molecular weight excluding hydrogens is 354 g/mol. The lowest BCUT2D eigenvalue weighted by Gasteiger charge is -2.08. The lowest BCUT2D eigenvalue weighted by molar-refractivity contribution is -0.120. The summed E-state index contributed by atoms with van der Waals surface area (Å²) in [4.78, 5) is 17.8. The number of para-hydroxylation sites is 2. The highest BCUT2D eigenvalue weighted by atomic mass is 35.5. The first-order valence-electron chi connectivity index (χ1n) is 8.26. The second-order valence-corrected chi connectivity index (χ2v) is 7.19. The van der Waals surface area contributed by atoms with Crippen LogP contribution in [0.25, 0.3) is 11.0 Å². The molecule has 0 fully saturated rings. The van der Waals surface area contributed by atoms with Gasteiger partial charge in [0.2, 0.25) is 5.91 Å². The van der Waals surface area contributed by atoms with E-state index in [1.54, 1.807) is 11.8 Å². The van der Waals surface area contributed by atoms with Gasteiger partial charge in [0.05, 0.1) is 17.6 Å². The molecule has 0 aliphatic carbocycles. The van der Waals surface area contributed by atoms with E-state index in [0.717, 1.165) is 39.1 Å². The van der Waals surface area contributed by atoms with Gasteiger partial charge < -0.3 is 9.88 Å². The van der Waals surface area contributed by atoms with Crippen LogP contribution in [0.4, 0.5) is 0 Å². The Balaban J connectivity index is 1.51. The minimum atomic E-state index is 0.0381. The van der Waals surface area contributed by atoms with Gasteiger partial charge in [-0.05, 0) is 43.3 Å². The summed E-state index contributed by atoms with van der Waals surface area (Å²) < 4.78 is 2.14. The number of imidazole rings is 1. The Morgan fingerprint density at radius 3 is 2.72 bits per heavy atom. The quantitative estimate of drug-likeness (QED) is 0.620. The summed E-state index contributed by atoms with van der Waals surface area (Å²) in [5, 5.41) is 3.70. The number of hydrogen-bond donors (Lipinski definition) is 1. The number of carbonyl (C=O) groups excluding carboxylic acids is 1. The van der Waals surface area contributed by atoms with E-state index in [1.165, 1.54) is 0 Å². The van der Waals surface area contributed by atoms with Crippen molar-refractivity contribution in [3.63, 3.8) is 0 Å². The van der Waals surface area contributed by atoms with Crippen LogP contribution >= 0.6 is 23.4 Å². The fourth-order valence-corrected chi connectivity index (χ4v) is 3.65. The molecule has 1 N–H and O–H groups in total. The average molecular weight is 374 g/mol. The molecule has 2 aromatic carbocycles. The summed E-state index contributed by atoms with van der Waals surface area (Å²) in [6.45, 7) is 3.37. The Morgan fingerprint density at radius 2 is 1.96 bits per heavy atom. The summed E-state index contributed by atoms with van der Waals surface area (Å²) in [5.41, 5.74) is 2.07. The van der Waals surface area contributed by atoms with Crippen molar-refractivity contribution in [2.75, 3.05) is 5.75 Å². The number of aromatic nitrogens is 2. The van der Waals surface area contributed by atoms with Crippen LogP contribution in [0.1, 0.15) is 19.2 Å². The third-order valence-electron chi connectivity index (χ3n) is 3.90. The molecule has 0 radical (unpaired) electrons. The fraction of sp³-hybridized carbons (Fsp3) is 0.263. The number of benzene rings is 2. The smallest absolute Gasteiger partial charge is 0.221 e. The number of nitrogens with one attached hydrogen (secondary N) is 1. The maximum atomic E-state index is 12.1. The zero-order valence-corrected chi connectivity index (χ0v) is 15.6. The molecule has 0 saturated heterocycles. The van der Waals surface area contributed by atoms with Crippen molar-refractivity contribution in [1.82, 2.24) is 14.9 Å². The van der Waals surface area contributed by atoms with Gasteiger partial charge in [0.25, 0.3) is 0 Å². The molecule has 0 saturated carbocycles. The predicted octanol–water partition coefficient (Wildman–Crippen LogP) is 4.51. The van der Waals surface area contributed by atoms with E-state index in [0.29, 0.717) is 13.0 Å². The number of rotatable bonds is 7. The van der Waals surface area contributed by atoms with Crippen LogP contribution in [0.2, 0.25) is 5.02 Å².